The van der Waals surface area contributed by atoms with E-state index in [0.29, 0.717) is 0 Å². The summed E-state index contributed by atoms with van der Waals surface area (Å²) in [5, 5.41) is 5.19. The molecule has 0 aliphatic heterocycles. The highest BCUT2D eigenvalue weighted by Crippen LogP contribution is 2.37. The lowest BCUT2D eigenvalue weighted by molar-refractivity contribution is 0.590. The third-order valence-electron chi connectivity index (χ3n) is 4.62. The molecule has 120 valence electrons. The van der Waals surface area contributed by atoms with Gasteiger partial charge in [-0.15, -0.1) is 0 Å². The standard InChI is InChI=1S/C22H25Br/c1-21(2,3)16-9-10-18-15(12-16)11-14-7-8-17(22(4,5)6)13-19(14)20(18)23/h7-13H,1-6H3. The fraction of sp³-hybridized carbons (Fsp3) is 0.364. The number of rotatable bonds is 0. The molecule has 0 saturated heterocycles. The van der Waals surface area contributed by atoms with Gasteiger partial charge in [0, 0.05) is 4.47 Å². The van der Waals surface area contributed by atoms with Crippen molar-refractivity contribution in [1.29, 1.82) is 0 Å². The minimum Gasteiger partial charge on any atom is -0.0579 e. The molecule has 0 fully saturated rings. The molecule has 0 radical (unpaired) electrons. The van der Waals surface area contributed by atoms with Gasteiger partial charge >= 0.3 is 0 Å². The first kappa shape index (κ1) is 16.5. The van der Waals surface area contributed by atoms with Crippen LogP contribution in [0.15, 0.2) is 46.9 Å². The Hall–Kier alpha value is -1.34. The van der Waals surface area contributed by atoms with Gasteiger partial charge < -0.3 is 0 Å². The van der Waals surface area contributed by atoms with E-state index < -0.39 is 0 Å². The fourth-order valence-electron chi connectivity index (χ4n) is 3.00. The lowest BCUT2D eigenvalue weighted by atomic mass is 9.84. The summed E-state index contributed by atoms with van der Waals surface area (Å²) < 4.78 is 1.21. The summed E-state index contributed by atoms with van der Waals surface area (Å²) in [7, 11) is 0. The van der Waals surface area contributed by atoms with Crippen molar-refractivity contribution in [1.82, 2.24) is 0 Å². The number of halogens is 1. The van der Waals surface area contributed by atoms with Gasteiger partial charge in [0.1, 0.15) is 0 Å². The monoisotopic (exact) mass is 368 g/mol. The molecular formula is C22H25Br. The van der Waals surface area contributed by atoms with E-state index in [9.17, 15) is 0 Å². The molecule has 3 aromatic carbocycles. The first-order valence-electron chi connectivity index (χ1n) is 8.24. The van der Waals surface area contributed by atoms with Gasteiger partial charge in [0.05, 0.1) is 0 Å². The first-order chi connectivity index (χ1) is 10.6. The zero-order valence-corrected chi connectivity index (χ0v) is 16.5. The Kier molecular flexibility index (Phi) is 3.84. The molecule has 0 aliphatic rings. The van der Waals surface area contributed by atoms with E-state index in [0.717, 1.165) is 0 Å². The third kappa shape index (κ3) is 3.04. The Bertz CT molecular complexity index is 890. The van der Waals surface area contributed by atoms with E-state index in [2.05, 4.69) is 99.9 Å². The lowest BCUT2D eigenvalue weighted by Crippen LogP contribution is -2.11. The Morgan fingerprint density at radius 1 is 0.609 bits per heavy atom. The normalized spacial score (nSPS) is 13.0. The van der Waals surface area contributed by atoms with Gasteiger partial charge in [-0.05, 0) is 71.6 Å². The summed E-state index contributed by atoms with van der Waals surface area (Å²) in [6.07, 6.45) is 0. The second-order valence-corrected chi connectivity index (χ2v) is 9.36. The van der Waals surface area contributed by atoms with Gasteiger partial charge in [0.15, 0.2) is 0 Å². The number of benzene rings is 3. The van der Waals surface area contributed by atoms with Crippen LogP contribution in [0, 0.1) is 0 Å². The average Bonchev–Trinajstić information content (AvgIpc) is 2.44. The number of hydrogen-bond donors (Lipinski definition) is 0. The Morgan fingerprint density at radius 3 is 1.78 bits per heavy atom. The van der Waals surface area contributed by atoms with Crippen LogP contribution in [0.2, 0.25) is 0 Å². The summed E-state index contributed by atoms with van der Waals surface area (Å²) in [5.41, 5.74) is 3.09. The maximum atomic E-state index is 3.86. The Balaban J connectivity index is 2.31. The van der Waals surface area contributed by atoms with E-state index in [4.69, 9.17) is 0 Å². The molecule has 0 heterocycles. The van der Waals surface area contributed by atoms with Crippen LogP contribution >= 0.6 is 15.9 Å². The van der Waals surface area contributed by atoms with Crippen LogP contribution in [-0.4, -0.2) is 0 Å². The maximum absolute atomic E-state index is 3.86. The van der Waals surface area contributed by atoms with Gasteiger partial charge in [-0.1, -0.05) is 71.9 Å². The molecule has 0 atom stereocenters. The van der Waals surface area contributed by atoms with Crippen LogP contribution in [0.25, 0.3) is 21.5 Å². The van der Waals surface area contributed by atoms with E-state index in [1.54, 1.807) is 0 Å². The number of hydrogen-bond acceptors (Lipinski definition) is 0. The van der Waals surface area contributed by atoms with Gasteiger partial charge in [0.25, 0.3) is 0 Å². The van der Waals surface area contributed by atoms with Crippen molar-refractivity contribution in [2.45, 2.75) is 52.4 Å². The Morgan fingerprint density at radius 2 is 1.17 bits per heavy atom. The van der Waals surface area contributed by atoms with Crippen LogP contribution in [-0.2, 0) is 10.8 Å². The van der Waals surface area contributed by atoms with E-state index in [1.807, 2.05) is 0 Å². The van der Waals surface area contributed by atoms with Crippen molar-refractivity contribution in [3.63, 3.8) is 0 Å². The van der Waals surface area contributed by atoms with Crippen LogP contribution in [0.4, 0.5) is 0 Å². The highest BCUT2D eigenvalue weighted by molar-refractivity contribution is 9.10. The number of fused-ring (bicyclic) bond motifs is 2. The van der Waals surface area contributed by atoms with Gasteiger partial charge in [-0.2, -0.15) is 0 Å². The minimum absolute atomic E-state index is 0.165. The summed E-state index contributed by atoms with van der Waals surface area (Å²) >= 11 is 3.86. The van der Waals surface area contributed by atoms with Crippen molar-refractivity contribution >= 4 is 37.5 Å². The minimum atomic E-state index is 0.165. The van der Waals surface area contributed by atoms with E-state index in [-0.39, 0.29) is 10.8 Å². The molecule has 0 nitrogen and oxygen atoms in total. The quantitative estimate of drug-likeness (QED) is 0.363. The van der Waals surface area contributed by atoms with E-state index >= 15 is 0 Å². The van der Waals surface area contributed by atoms with E-state index in [1.165, 1.54) is 37.1 Å². The smallest absolute Gasteiger partial charge is 0.0332 e. The van der Waals surface area contributed by atoms with Crippen molar-refractivity contribution in [3.05, 3.63) is 58.1 Å². The van der Waals surface area contributed by atoms with Gasteiger partial charge in [-0.3, -0.25) is 0 Å². The maximum Gasteiger partial charge on any atom is 0.0332 e. The zero-order chi connectivity index (χ0) is 17.0. The molecule has 0 amide bonds. The van der Waals surface area contributed by atoms with Crippen molar-refractivity contribution in [2.75, 3.05) is 0 Å². The molecule has 0 aromatic heterocycles. The van der Waals surface area contributed by atoms with Crippen LogP contribution in [0.5, 0.6) is 0 Å². The van der Waals surface area contributed by atoms with Crippen molar-refractivity contribution < 1.29 is 0 Å². The fourth-order valence-corrected chi connectivity index (χ4v) is 3.70. The van der Waals surface area contributed by atoms with Gasteiger partial charge in [-0.25, -0.2) is 0 Å². The molecule has 0 unspecified atom stereocenters. The predicted octanol–water partition coefficient (Wildman–Crippen LogP) is 7.35. The molecule has 1 heteroatoms. The average molecular weight is 369 g/mol. The predicted molar refractivity (Wildman–Crippen MR) is 107 cm³/mol. The SMILES string of the molecule is CC(C)(C)c1ccc2c(Br)c3cc(C(C)(C)C)ccc3cc2c1. The molecule has 0 N–H and O–H groups in total. The summed E-state index contributed by atoms with van der Waals surface area (Å²) in [6.45, 7) is 13.6. The second-order valence-electron chi connectivity index (χ2n) is 8.56. The molecule has 0 bridgehead atoms. The lowest BCUT2D eigenvalue weighted by Gasteiger charge is -2.21. The summed E-state index contributed by atoms with van der Waals surface area (Å²) in [5.74, 6) is 0. The van der Waals surface area contributed by atoms with Crippen LogP contribution in [0.1, 0.15) is 52.7 Å². The van der Waals surface area contributed by atoms with Crippen molar-refractivity contribution in [3.8, 4) is 0 Å². The summed E-state index contributed by atoms with van der Waals surface area (Å²) in [6, 6.07) is 16.0. The third-order valence-corrected chi connectivity index (χ3v) is 5.48. The van der Waals surface area contributed by atoms with Crippen molar-refractivity contribution in [2.24, 2.45) is 0 Å². The molecular weight excluding hydrogens is 344 g/mol. The van der Waals surface area contributed by atoms with Crippen LogP contribution < -0.4 is 0 Å². The Labute approximate surface area is 148 Å². The molecule has 0 aliphatic carbocycles. The molecule has 23 heavy (non-hydrogen) atoms. The van der Waals surface area contributed by atoms with Crippen LogP contribution in [0.3, 0.4) is 0 Å². The second kappa shape index (κ2) is 5.34. The largest absolute Gasteiger partial charge is 0.0579 e. The highest BCUT2D eigenvalue weighted by atomic mass is 79.9. The van der Waals surface area contributed by atoms with Gasteiger partial charge in [0.2, 0.25) is 0 Å². The molecule has 3 aromatic rings. The first-order valence-corrected chi connectivity index (χ1v) is 9.04. The molecule has 0 saturated carbocycles. The summed E-state index contributed by atoms with van der Waals surface area (Å²) in [4.78, 5) is 0. The molecule has 3 rings (SSSR count). The topological polar surface area (TPSA) is 0 Å². The zero-order valence-electron chi connectivity index (χ0n) is 14.9. The molecule has 0 spiro atoms. The highest BCUT2D eigenvalue weighted by Gasteiger charge is 2.17.